The van der Waals surface area contributed by atoms with E-state index in [1.807, 2.05) is 55.5 Å². The fourth-order valence-electron chi connectivity index (χ4n) is 2.78. The Morgan fingerprint density at radius 3 is 2.54 bits per heavy atom. The van der Waals surface area contributed by atoms with E-state index in [0.717, 1.165) is 51.7 Å². The van der Waals surface area contributed by atoms with E-state index in [2.05, 4.69) is 10.2 Å². The zero-order chi connectivity index (χ0) is 16.5. The Morgan fingerprint density at radius 1 is 1.00 bits per heavy atom. The molecule has 2 aliphatic heterocycles. The molecular weight excluding hydrogens is 302 g/mol. The first-order valence-electron chi connectivity index (χ1n) is 7.77. The first kappa shape index (κ1) is 14.5. The van der Waals surface area contributed by atoms with Gasteiger partial charge in [0.2, 0.25) is 6.79 Å². The molecular formula is C19H17N3O2. The number of anilines is 1. The quantitative estimate of drug-likeness (QED) is 0.862. The molecule has 0 aromatic heterocycles. The number of nitrogens with two attached hydrogens (primary N) is 1. The van der Waals surface area contributed by atoms with Gasteiger partial charge in [0.05, 0.1) is 5.71 Å². The third-order valence-electron chi connectivity index (χ3n) is 4.02. The Bertz CT molecular complexity index is 880. The lowest BCUT2D eigenvalue weighted by atomic mass is 9.97. The summed E-state index contributed by atoms with van der Waals surface area (Å²) in [4.78, 5) is 0. The van der Waals surface area contributed by atoms with Crippen LogP contribution in [0.25, 0.3) is 6.08 Å². The van der Waals surface area contributed by atoms with Gasteiger partial charge in [-0.2, -0.15) is 10.2 Å². The fraction of sp³-hybridized carbons (Fsp3) is 0.158. The maximum Gasteiger partial charge on any atom is 0.231 e. The lowest BCUT2D eigenvalue weighted by molar-refractivity contribution is 0.174. The van der Waals surface area contributed by atoms with Crippen molar-refractivity contribution in [3.8, 4) is 11.5 Å². The zero-order valence-corrected chi connectivity index (χ0v) is 13.3. The van der Waals surface area contributed by atoms with Crippen molar-refractivity contribution in [3.05, 3.63) is 59.2 Å². The number of ether oxygens (including phenoxy) is 2. The smallest absolute Gasteiger partial charge is 0.231 e. The molecule has 4 rings (SSSR count). The Kier molecular flexibility index (Phi) is 3.54. The van der Waals surface area contributed by atoms with Crippen molar-refractivity contribution in [1.29, 1.82) is 0 Å². The van der Waals surface area contributed by atoms with Crippen molar-refractivity contribution < 1.29 is 9.47 Å². The summed E-state index contributed by atoms with van der Waals surface area (Å²) in [5.41, 5.74) is 11.5. The molecule has 2 aromatic rings. The Labute approximate surface area is 140 Å². The van der Waals surface area contributed by atoms with E-state index < -0.39 is 0 Å². The van der Waals surface area contributed by atoms with Crippen LogP contribution in [-0.2, 0) is 6.42 Å². The molecule has 0 atom stereocenters. The molecule has 0 spiro atoms. The zero-order valence-electron chi connectivity index (χ0n) is 13.3. The normalized spacial score (nSPS) is 15.7. The minimum atomic E-state index is 0.263. The number of benzene rings is 2. The van der Waals surface area contributed by atoms with Crippen molar-refractivity contribution in [3.63, 3.8) is 0 Å². The van der Waals surface area contributed by atoms with E-state index in [0.29, 0.717) is 0 Å². The second kappa shape index (κ2) is 5.85. The average Bonchev–Trinajstić information content (AvgIpc) is 2.97. The van der Waals surface area contributed by atoms with Crippen LogP contribution in [0.15, 0.2) is 52.7 Å². The first-order chi connectivity index (χ1) is 11.7. The second-order valence-corrected chi connectivity index (χ2v) is 5.86. The monoisotopic (exact) mass is 319 g/mol. The number of hydrogen-bond acceptors (Lipinski definition) is 5. The molecule has 0 amide bonds. The predicted octanol–water partition coefficient (Wildman–Crippen LogP) is 3.43. The lowest BCUT2D eigenvalue weighted by Gasteiger charge is -2.08. The maximum atomic E-state index is 5.73. The van der Waals surface area contributed by atoms with Crippen molar-refractivity contribution in [2.75, 3.05) is 12.5 Å². The van der Waals surface area contributed by atoms with Crippen molar-refractivity contribution in [2.24, 2.45) is 10.2 Å². The standard InChI is InChI=1S/C19H17N3O2/c1-12-8-14-9-18-19(24-11-23-18)10-16(14)17(22-21-12)7-4-13-2-5-15(20)6-3-13/h2-7,9-10H,8,11,20H2,1H3. The van der Waals surface area contributed by atoms with Crippen LogP contribution in [0.1, 0.15) is 23.6 Å². The predicted molar refractivity (Wildman–Crippen MR) is 95.8 cm³/mol. The van der Waals surface area contributed by atoms with E-state index in [9.17, 15) is 0 Å². The van der Waals surface area contributed by atoms with Crippen molar-refractivity contribution in [1.82, 2.24) is 0 Å². The highest BCUT2D eigenvalue weighted by atomic mass is 16.7. The van der Waals surface area contributed by atoms with E-state index in [4.69, 9.17) is 15.2 Å². The van der Waals surface area contributed by atoms with Crippen LogP contribution in [-0.4, -0.2) is 18.2 Å². The molecule has 0 unspecified atom stereocenters. The fourth-order valence-corrected chi connectivity index (χ4v) is 2.78. The summed E-state index contributed by atoms with van der Waals surface area (Å²) >= 11 is 0. The number of rotatable bonds is 2. The number of fused-ring (bicyclic) bond motifs is 2. The largest absolute Gasteiger partial charge is 0.454 e. The van der Waals surface area contributed by atoms with Crippen LogP contribution < -0.4 is 15.2 Å². The molecule has 0 aliphatic carbocycles. The number of allylic oxidation sites excluding steroid dienone is 1. The van der Waals surface area contributed by atoms with E-state index in [1.54, 1.807) is 0 Å². The highest BCUT2D eigenvalue weighted by molar-refractivity contribution is 6.13. The van der Waals surface area contributed by atoms with Gasteiger partial charge in [-0.15, -0.1) is 0 Å². The lowest BCUT2D eigenvalue weighted by Crippen LogP contribution is -2.03. The molecule has 5 heteroatoms. The molecule has 120 valence electrons. The third kappa shape index (κ3) is 2.76. The summed E-state index contributed by atoms with van der Waals surface area (Å²) in [5, 5.41) is 8.70. The van der Waals surface area contributed by atoms with Crippen LogP contribution in [0.2, 0.25) is 0 Å². The summed E-state index contributed by atoms with van der Waals surface area (Å²) in [7, 11) is 0. The Balaban J connectivity index is 1.74. The highest BCUT2D eigenvalue weighted by Crippen LogP contribution is 2.36. The third-order valence-corrected chi connectivity index (χ3v) is 4.02. The Hall–Kier alpha value is -3.08. The SMILES string of the molecule is CC1=NN=C(C=Cc2ccc(N)cc2)c2cc3c(cc2C1)OCO3. The van der Waals surface area contributed by atoms with Gasteiger partial charge in [-0.1, -0.05) is 18.2 Å². The molecule has 2 aliphatic rings. The number of hydrogen-bond donors (Lipinski definition) is 1. The molecule has 0 fully saturated rings. The molecule has 0 saturated heterocycles. The average molecular weight is 319 g/mol. The highest BCUT2D eigenvalue weighted by Gasteiger charge is 2.20. The van der Waals surface area contributed by atoms with Gasteiger partial charge in [0.15, 0.2) is 11.5 Å². The minimum Gasteiger partial charge on any atom is -0.454 e. The molecule has 2 aromatic carbocycles. The van der Waals surface area contributed by atoms with Gasteiger partial charge in [-0.3, -0.25) is 0 Å². The van der Waals surface area contributed by atoms with Gasteiger partial charge in [0, 0.05) is 23.4 Å². The number of nitrogen functional groups attached to an aromatic ring is 1. The van der Waals surface area contributed by atoms with E-state index in [1.165, 1.54) is 0 Å². The van der Waals surface area contributed by atoms with Gasteiger partial charge in [0.1, 0.15) is 0 Å². The van der Waals surface area contributed by atoms with Gasteiger partial charge in [-0.25, -0.2) is 0 Å². The molecule has 0 bridgehead atoms. The number of nitrogens with zero attached hydrogens (tertiary/aromatic N) is 2. The Morgan fingerprint density at radius 2 is 1.75 bits per heavy atom. The molecule has 0 saturated carbocycles. The summed E-state index contributed by atoms with van der Waals surface area (Å²) in [6, 6.07) is 11.7. The van der Waals surface area contributed by atoms with Crippen molar-refractivity contribution >= 4 is 23.2 Å². The summed E-state index contributed by atoms with van der Waals surface area (Å²) in [6.07, 6.45) is 4.71. The molecule has 5 nitrogen and oxygen atoms in total. The van der Waals surface area contributed by atoms with E-state index >= 15 is 0 Å². The second-order valence-electron chi connectivity index (χ2n) is 5.86. The van der Waals surface area contributed by atoms with Crippen LogP contribution in [0.5, 0.6) is 11.5 Å². The van der Waals surface area contributed by atoms with Crippen molar-refractivity contribution in [2.45, 2.75) is 13.3 Å². The topological polar surface area (TPSA) is 69.2 Å². The van der Waals surface area contributed by atoms with E-state index in [-0.39, 0.29) is 6.79 Å². The van der Waals surface area contributed by atoms with Gasteiger partial charge < -0.3 is 15.2 Å². The first-order valence-corrected chi connectivity index (χ1v) is 7.77. The minimum absolute atomic E-state index is 0.263. The summed E-state index contributed by atoms with van der Waals surface area (Å²) < 4.78 is 11.0. The molecule has 0 radical (unpaired) electrons. The van der Waals surface area contributed by atoms with Gasteiger partial charge >= 0.3 is 0 Å². The van der Waals surface area contributed by atoms with Gasteiger partial charge in [-0.05, 0) is 48.4 Å². The summed E-state index contributed by atoms with van der Waals surface area (Å²) in [6.45, 7) is 2.24. The van der Waals surface area contributed by atoms with Crippen LogP contribution in [0.4, 0.5) is 5.69 Å². The van der Waals surface area contributed by atoms with Crippen LogP contribution >= 0.6 is 0 Å². The summed E-state index contributed by atoms with van der Waals surface area (Å²) in [5.74, 6) is 1.53. The molecule has 2 N–H and O–H groups in total. The van der Waals surface area contributed by atoms with Crippen LogP contribution in [0.3, 0.4) is 0 Å². The van der Waals surface area contributed by atoms with Gasteiger partial charge in [0.25, 0.3) is 0 Å². The molecule has 24 heavy (non-hydrogen) atoms. The molecule has 2 heterocycles. The van der Waals surface area contributed by atoms with Crippen LogP contribution in [0, 0.1) is 0 Å². The maximum absolute atomic E-state index is 5.73.